The fourth-order valence-corrected chi connectivity index (χ4v) is 5.17. The Kier molecular flexibility index (Phi) is 7.06. The summed E-state index contributed by atoms with van der Waals surface area (Å²) in [4.78, 5) is 0. The molecule has 1 fully saturated rings. The second-order valence-corrected chi connectivity index (χ2v) is 9.31. The highest BCUT2D eigenvalue weighted by Crippen LogP contribution is 2.40. The monoisotopic (exact) mass is 460 g/mol. The normalized spacial score (nSPS) is 19.2. The first-order chi connectivity index (χ1) is 15.8. The highest BCUT2D eigenvalue weighted by atomic mass is 19.4. The van der Waals surface area contributed by atoms with E-state index >= 15 is 4.39 Å². The Hall–Kier alpha value is -2.43. The molecule has 3 aromatic rings. The van der Waals surface area contributed by atoms with E-state index in [-0.39, 0.29) is 11.2 Å². The molecule has 0 aromatic heterocycles. The van der Waals surface area contributed by atoms with Crippen LogP contribution in [-0.4, -0.2) is 0 Å². The Bertz CT molecular complexity index is 1110. The van der Waals surface area contributed by atoms with Crippen LogP contribution in [0.2, 0.25) is 0 Å². The van der Waals surface area contributed by atoms with Crippen LogP contribution in [0.1, 0.15) is 75.3 Å². The second-order valence-electron chi connectivity index (χ2n) is 9.31. The first-order valence-corrected chi connectivity index (χ1v) is 11.9. The summed E-state index contributed by atoms with van der Waals surface area (Å²) in [6.07, 6.45) is 4.89. The molecule has 0 atom stereocenters. The maximum atomic E-state index is 15.0. The highest BCUT2D eigenvalue weighted by molar-refractivity contribution is 5.88. The van der Waals surface area contributed by atoms with Crippen molar-refractivity contribution in [3.8, 4) is 11.1 Å². The number of fused-ring (bicyclic) bond motifs is 1. The van der Waals surface area contributed by atoms with Gasteiger partial charge in [-0.25, -0.2) is 8.78 Å². The zero-order valence-electron chi connectivity index (χ0n) is 18.8. The Labute approximate surface area is 191 Å². The van der Waals surface area contributed by atoms with E-state index in [1.54, 1.807) is 12.1 Å². The lowest BCUT2D eigenvalue weighted by molar-refractivity contribution is -0.139. The van der Waals surface area contributed by atoms with Crippen LogP contribution in [0.25, 0.3) is 21.9 Å². The standard InChI is InChI=1S/C28H29F5/c1-2-3-4-5-18-6-8-19(9-7-18)20-10-13-23(26(29)17-20)21-11-14-24-22(16-21)12-15-25(27(24)30)28(31,32)33/h10-19H,2-9H2,1H3. The average Bonchev–Trinajstić information content (AvgIpc) is 2.79. The number of benzene rings is 3. The van der Waals surface area contributed by atoms with E-state index < -0.39 is 17.6 Å². The fraction of sp³-hybridized carbons (Fsp3) is 0.429. The molecule has 0 N–H and O–H groups in total. The molecule has 0 heterocycles. The Morgan fingerprint density at radius 1 is 0.848 bits per heavy atom. The lowest BCUT2D eigenvalue weighted by Gasteiger charge is -2.29. The number of alkyl halides is 3. The molecule has 0 nitrogen and oxygen atoms in total. The number of unbranched alkanes of at least 4 members (excludes halogenated alkanes) is 2. The molecule has 0 spiro atoms. The van der Waals surface area contributed by atoms with Crippen LogP contribution < -0.4 is 0 Å². The maximum absolute atomic E-state index is 15.0. The van der Waals surface area contributed by atoms with Crippen molar-refractivity contribution in [2.24, 2.45) is 5.92 Å². The molecule has 176 valence electrons. The van der Waals surface area contributed by atoms with Gasteiger partial charge in [-0.3, -0.25) is 0 Å². The first-order valence-electron chi connectivity index (χ1n) is 11.9. The van der Waals surface area contributed by atoms with Crippen LogP contribution in [0.5, 0.6) is 0 Å². The third kappa shape index (κ3) is 5.23. The fourth-order valence-electron chi connectivity index (χ4n) is 5.17. The van der Waals surface area contributed by atoms with Gasteiger partial charge in [0, 0.05) is 10.9 Å². The molecule has 4 rings (SSSR count). The van der Waals surface area contributed by atoms with E-state index in [0.717, 1.165) is 30.4 Å². The number of hydrogen-bond acceptors (Lipinski definition) is 0. The van der Waals surface area contributed by atoms with E-state index in [1.165, 1.54) is 62.8 Å². The van der Waals surface area contributed by atoms with Crippen molar-refractivity contribution < 1.29 is 22.0 Å². The summed E-state index contributed by atoms with van der Waals surface area (Å²) in [6.45, 7) is 2.22. The summed E-state index contributed by atoms with van der Waals surface area (Å²) in [7, 11) is 0. The lowest BCUT2D eigenvalue weighted by atomic mass is 9.77. The van der Waals surface area contributed by atoms with Gasteiger partial charge in [-0.15, -0.1) is 0 Å². The van der Waals surface area contributed by atoms with Crippen molar-refractivity contribution in [2.45, 2.75) is 70.4 Å². The minimum Gasteiger partial charge on any atom is -0.206 e. The van der Waals surface area contributed by atoms with Gasteiger partial charge in [-0.05, 0) is 72.2 Å². The second kappa shape index (κ2) is 9.82. The van der Waals surface area contributed by atoms with Crippen LogP contribution >= 0.6 is 0 Å². The topological polar surface area (TPSA) is 0 Å². The van der Waals surface area contributed by atoms with E-state index in [2.05, 4.69) is 6.92 Å². The molecular weight excluding hydrogens is 431 g/mol. The zero-order valence-corrected chi connectivity index (χ0v) is 18.8. The summed E-state index contributed by atoms with van der Waals surface area (Å²) in [5.41, 5.74) is 0.600. The van der Waals surface area contributed by atoms with E-state index in [0.29, 0.717) is 22.4 Å². The SMILES string of the molecule is CCCCCC1CCC(c2ccc(-c3ccc4c(F)c(C(F)(F)F)ccc4c3)c(F)c2)CC1. The number of halogens is 5. The predicted octanol–water partition coefficient (Wildman–Crippen LogP) is 9.66. The van der Waals surface area contributed by atoms with Crippen molar-refractivity contribution in [2.75, 3.05) is 0 Å². The van der Waals surface area contributed by atoms with Crippen LogP contribution in [0.15, 0.2) is 48.5 Å². The molecule has 1 aliphatic carbocycles. The molecule has 0 amide bonds. The van der Waals surface area contributed by atoms with E-state index in [9.17, 15) is 17.6 Å². The predicted molar refractivity (Wildman–Crippen MR) is 123 cm³/mol. The number of rotatable bonds is 6. The Morgan fingerprint density at radius 3 is 2.27 bits per heavy atom. The molecule has 3 aromatic carbocycles. The highest BCUT2D eigenvalue weighted by Gasteiger charge is 2.34. The molecule has 5 heteroatoms. The van der Waals surface area contributed by atoms with Crippen molar-refractivity contribution in [1.29, 1.82) is 0 Å². The third-order valence-electron chi connectivity index (χ3n) is 7.10. The van der Waals surface area contributed by atoms with Gasteiger partial charge in [0.25, 0.3) is 0 Å². The lowest BCUT2D eigenvalue weighted by Crippen LogP contribution is -2.13. The summed E-state index contributed by atoms with van der Waals surface area (Å²) < 4.78 is 68.3. The summed E-state index contributed by atoms with van der Waals surface area (Å²) in [5, 5.41) is 0.184. The van der Waals surface area contributed by atoms with Gasteiger partial charge in [0.2, 0.25) is 0 Å². The molecule has 0 radical (unpaired) electrons. The van der Waals surface area contributed by atoms with Crippen molar-refractivity contribution in [3.63, 3.8) is 0 Å². The minimum atomic E-state index is -4.76. The van der Waals surface area contributed by atoms with E-state index in [4.69, 9.17) is 0 Å². The molecule has 33 heavy (non-hydrogen) atoms. The van der Waals surface area contributed by atoms with Crippen LogP contribution in [-0.2, 0) is 6.18 Å². The Morgan fingerprint density at radius 2 is 1.61 bits per heavy atom. The van der Waals surface area contributed by atoms with Gasteiger partial charge in [0.1, 0.15) is 11.6 Å². The smallest absolute Gasteiger partial charge is 0.206 e. The van der Waals surface area contributed by atoms with Crippen molar-refractivity contribution >= 4 is 10.8 Å². The molecule has 1 saturated carbocycles. The molecule has 0 aliphatic heterocycles. The molecular formula is C28H29F5. The Balaban J connectivity index is 1.51. The molecule has 0 bridgehead atoms. The van der Waals surface area contributed by atoms with E-state index in [1.807, 2.05) is 6.07 Å². The van der Waals surface area contributed by atoms with Gasteiger partial charge < -0.3 is 0 Å². The molecule has 0 unspecified atom stereocenters. The van der Waals surface area contributed by atoms with Crippen LogP contribution in [0.3, 0.4) is 0 Å². The third-order valence-corrected chi connectivity index (χ3v) is 7.10. The summed E-state index contributed by atoms with van der Waals surface area (Å²) in [6, 6.07) is 11.6. The van der Waals surface area contributed by atoms with Gasteiger partial charge in [-0.2, -0.15) is 13.2 Å². The van der Waals surface area contributed by atoms with Crippen molar-refractivity contribution in [1.82, 2.24) is 0 Å². The molecule has 1 aliphatic rings. The van der Waals surface area contributed by atoms with Crippen molar-refractivity contribution in [3.05, 3.63) is 71.3 Å². The quantitative estimate of drug-likeness (QED) is 0.254. The zero-order chi connectivity index (χ0) is 23.6. The average molecular weight is 461 g/mol. The van der Waals surface area contributed by atoms with Gasteiger partial charge in [0.15, 0.2) is 0 Å². The maximum Gasteiger partial charge on any atom is 0.419 e. The van der Waals surface area contributed by atoms with Crippen LogP contribution in [0, 0.1) is 17.6 Å². The van der Waals surface area contributed by atoms with Gasteiger partial charge >= 0.3 is 6.18 Å². The van der Waals surface area contributed by atoms with Gasteiger partial charge in [-0.1, -0.05) is 62.9 Å². The largest absolute Gasteiger partial charge is 0.419 e. The molecule has 0 saturated heterocycles. The van der Waals surface area contributed by atoms with Gasteiger partial charge in [0.05, 0.1) is 5.56 Å². The summed E-state index contributed by atoms with van der Waals surface area (Å²) >= 11 is 0. The van der Waals surface area contributed by atoms with Crippen LogP contribution in [0.4, 0.5) is 22.0 Å². The number of hydrogen-bond donors (Lipinski definition) is 0. The first kappa shape index (κ1) is 23.7. The minimum absolute atomic E-state index is 0.124. The summed E-state index contributed by atoms with van der Waals surface area (Å²) in [5.74, 6) is -0.507.